The highest BCUT2D eigenvalue weighted by molar-refractivity contribution is 6.21. The largest absolute Gasteiger partial charge is 0.457 e. The van der Waals surface area contributed by atoms with Crippen LogP contribution < -0.4 is 20.2 Å². The minimum Gasteiger partial charge on any atom is -0.457 e. The van der Waals surface area contributed by atoms with Crippen LogP contribution in [0.4, 0.5) is 13.2 Å². The van der Waals surface area contributed by atoms with Gasteiger partial charge in [0.2, 0.25) is 12.4 Å². The fourth-order valence-corrected chi connectivity index (χ4v) is 5.69. The van der Waals surface area contributed by atoms with Crippen molar-refractivity contribution < 1.29 is 22.6 Å². The molecule has 7 rings (SSSR count). The molecule has 7 aromatic carbocycles. The Kier molecular flexibility index (Phi) is 6.46. The lowest BCUT2D eigenvalue weighted by Crippen LogP contribution is -2.04. The van der Waals surface area contributed by atoms with E-state index in [0.29, 0.717) is 33.3 Å². The van der Waals surface area contributed by atoms with Gasteiger partial charge in [0.1, 0.15) is 23.0 Å². The molecule has 0 amide bonds. The quantitative estimate of drug-likeness (QED) is 0.190. The molecule has 0 saturated heterocycles. The lowest BCUT2D eigenvalue weighted by atomic mass is 10.1. The number of fused-ring (bicyclic) bond motifs is 6. The van der Waals surface area contributed by atoms with E-state index in [1.54, 1.807) is 12.1 Å². The standard InChI is InChI=1S/C36H19F3N4O2/c1-20-2-6-22(7-3-20)44-24-10-12-26-28-16-33-29(17-32(28)34(42-18-40)30(26)14-24)27-13-11-25(15-31(27)35(33)43-19-41)45-23-8-4-21(5-9-23)36(37,38)39/h2-17H,1H3. The van der Waals surface area contributed by atoms with Crippen molar-refractivity contribution in [1.29, 1.82) is 10.5 Å². The van der Waals surface area contributed by atoms with Crippen molar-refractivity contribution >= 4 is 43.1 Å². The van der Waals surface area contributed by atoms with Crippen LogP contribution >= 0.6 is 0 Å². The molecule has 0 unspecified atom stereocenters. The third-order valence-corrected chi connectivity index (χ3v) is 7.74. The second-order valence-corrected chi connectivity index (χ2v) is 10.5. The van der Waals surface area contributed by atoms with Crippen LogP contribution in [0.15, 0.2) is 107 Å². The van der Waals surface area contributed by atoms with Gasteiger partial charge in [0, 0.05) is 21.5 Å². The summed E-state index contributed by atoms with van der Waals surface area (Å²) in [6.07, 6.45) is -0.633. The van der Waals surface area contributed by atoms with Crippen LogP contribution in [-0.4, -0.2) is 0 Å². The minimum absolute atomic E-state index is 0.232. The predicted octanol–water partition coefficient (Wildman–Crippen LogP) is 8.85. The number of hydrogen-bond acceptors (Lipinski definition) is 6. The summed E-state index contributed by atoms with van der Waals surface area (Å²) in [6, 6.07) is 26.9. The Morgan fingerprint density at radius 3 is 1.33 bits per heavy atom. The van der Waals surface area contributed by atoms with Crippen LogP contribution in [0.3, 0.4) is 0 Å². The van der Waals surface area contributed by atoms with Gasteiger partial charge in [-0.1, -0.05) is 17.7 Å². The highest BCUT2D eigenvalue weighted by atomic mass is 19.4. The lowest BCUT2D eigenvalue weighted by molar-refractivity contribution is -0.137. The number of nitrogens with zero attached hydrogens (tertiary/aromatic N) is 4. The molecule has 7 aromatic rings. The summed E-state index contributed by atoms with van der Waals surface area (Å²) in [4.78, 5) is 8.31. The maximum atomic E-state index is 13.0. The molecule has 0 spiro atoms. The Balaban J connectivity index is 1.38. The first kappa shape index (κ1) is 27.6. The number of hydrogen-bond donors (Lipinski definition) is 0. The second kappa shape index (κ2) is 10.5. The molecule has 0 aromatic heterocycles. The SMILES string of the molecule is Cc1ccc(Oc2ccc3c(c2)c(=NC#N)c2cc4c(cc23)c(=NC#N)c2cc(Oc3ccc(C(F)(F)F)cc3)ccc24)cc1. The average molecular weight is 597 g/mol. The zero-order chi connectivity index (χ0) is 31.3. The third kappa shape index (κ3) is 4.87. The van der Waals surface area contributed by atoms with Crippen LogP contribution in [0.2, 0.25) is 0 Å². The van der Waals surface area contributed by atoms with Gasteiger partial charge in [-0.05, 0) is 113 Å². The van der Waals surface area contributed by atoms with E-state index < -0.39 is 11.7 Å². The number of benzene rings is 5. The van der Waals surface area contributed by atoms with Crippen molar-refractivity contribution in [2.24, 2.45) is 9.98 Å². The zero-order valence-corrected chi connectivity index (χ0v) is 23.5. The molecule has 0 bridgehead atoms. The molecule has 0 N–H and O–H groups in total. The van der Waals surface area contributed by atoms with Crippen LogP contribution in [-0.2, 0) is 6.18 Å². The van der Waals surface area contributed by atoms with Crippen LogP contribution in [0.1, 0.15) is 11.1 Å². The van der Waals surface area contributed by atoms with Gasteiger partial charge < -0.3 is 9.47 Å². The first-order valence-corrected chi connectivity index (χ1v) is 13.7. The van der Waals surface area contributed by atoms with Crippen LogP contribution in [0, 0.1) is 29.8 Å². The Labute approximate surface area is 253 Å². The molecule has 0 atom stereocenters. The number of halogens is 3. The van der Waals surface area contributed by atoms with E-state index in [-0.39, 0.29) is 5.75 Å². The van der Waals surface area contributed by atoms with Gasteiger partial charge in [-0.3, -0.25) is 0 Å². The van der Waals surface area contributed by atoms with Crippen molar-refractivity contribution in [2.75, 3.05) is 0 Å². The van der Waals surface area contributed by atoms with Gasteiger partial charge in [-0.15, -0.1) is 0 Å². The number of ether oxygens (including phenoxy) is 2. The van der Waals surface area contributed by atoms with Gasteiger partial charge >= 0.3 is 6.18 Å². The molecule has 9 heteroatoms. The smallest absolute Gasteiger partial charge is 0.416 e. The van der Waals surface area contributed by atoms with Crippen molar-refractivity contribution in [3.8, 4) is 35.4 Å². The molecule has 0 heterocycles. The van der Waals surface area contributed by atoms with E-state index in [2.05, 4.69) is 9.98 Å². The fourth-order valence-electron chi connectivity index (χ4n) is 5.69. The topological polar surface area (TPSA) is 90.8 Å². The van der Waals surface area contributed by atoms with Crippen LogP contribution in [0.25, 0.3) is 43.1 Å². The van der Waals surface area contributed by atoms with Gasteiger partial charge in [0.05, 0.1) is 16.3 Å². The minimum atomic E-state index is -4.45. The number of rotatable bonds is 4. The van der Waals surface area contributed by atoms with E-state index in [1.165, 1.54) is 12.1 Å². The first-order valence-electron chi connectivity index (χ1n) is 13.7. The van der Waals surface area contributed by atoms with Crippen molar-refractivity contribution in [1.82, 2.24) is 0 Å². The van der Waals surface area contributed by atoms with Gasteiger partial charge in [-0.25, -0.2) is 0 Å². The Hall–Kier alpha value is -6.19. The second-order valence-electron chi connectivity index (χ2n) is 10.5. The van der Waals surface area contributed by atoms with Crippen molar-refractivity contribution in [3.63, 3.8) is 0 Å². The maximum absolute atomic E-state index is 13.0. The van der Waals surface area contributed by atoms with E-state index in [9.17, 15) is 23.7 Å². The predicted molar refractivity (Wildman–Crippen MR) is 164 cm³/mol. The number of aryl methyl sites for hydroxylation is 1. The van der Waals surface area contributed by atoms with E-state index >= 15 is 0 Å². The molecular weight excluding hydrogens is 577 g/mol. The maximum Gasteiger partial charge on any atom is 0.416 e. The van der Waals surface area contributed by atoms with Gasteiger partial charge in [0.25, 0.3) is 0 Å². The number of nitriles is 2. The van der Waals surface area contributed by atoms with E-state index in [1.807, 2.05) is 80.0 Å². The van der Waals surface area contributed by atoms with Gasteiger partial charge in [-0.2, -0.15) is 33.7 Å². The monoisotopic (exact) mass is 596 g/mol. The summed E-state index contributed by atoms with van der Waals surface area (Å²) >= 11 is 0. The number of alkyl halides is 3. The Morgan fingerprint density at radius 1 is 0.511 bits per heavy atom. The summed E-state index contributed by atoms with van der Waals surface area (Å²) < 4.78 is 50.9. The molecule has 0 aliphatic heterocycles. The summed E-state index contributed by atoms with van der Waals surface area (Å²) in [5, 5.41) is 26.3. The zero-order valence-electron chi connectivity index (χ0n) is 23.5. The molecule has 6 nitrogen and oxygen atoms in total. The summed E-state index contributed by atoms with van der Waals surface area (Å²) in [5.41, 5.74) is 0.346. The molecule has 0 radical (unpaired) electrons. The van der Waals surface area contributed by atoms with E-state index in [4.69, 9.17) is 9.47 Å². The molecule has 45 heavy (non-hydrogen) atoms. The molecule has 0 fully saturated rings. The molecule has 216 valence electrons. The lowest BCUT2D eigenvalue weighted by Gasteiger charge is -2.09. The highest BCUT2D eigenvalue weighted by Crippen LogP contribution is 2.36. The van der Waals surface area contributed by atoms with E-state index in [0.717, 1.165) is 55.4 Å². The van der Waals surface area contributed by atoms with Crippen LogP contribution in [0.5, 0.6) is 23.0 Å². The van der Waals surface area contributed by atoms with Gasteiger partial charge in [0.15, 0.2) is 0 Å². The fraction of sp³-hybridized carbons (Fsp3) is 0.0556. The molecular formula is C36H19F3N4O2. The normalized spacial score (nSPS) is 12.7. The third-order valence-electron chi connectivity index (χ3n) is 7.74. The Bertz CT molecular complexity index is 2490. The summed E-state index contributed by atoms with van der Waals surface area (Å²) in [5.74, 6) is 1.89. The first-order chi connectivity index (χ1) is 21.7. The average Bonchev–Trinajstić information content (AvgIpc) is 3.48. The summed E-state index contributed by atoms with van der Waals surface area (Å²) in [6.45, 7) is 2.00. The molecule has 0 aliphatic rings. The molecule has 0 aliphatic carbocycles. The Morgan fingerprint density at radius 2 is 0.911 bits per heavy atom. The van der Waals surface area contributed by atoms with Crippen molar-refractivity contribution in [2.45, 2.75) is 13.1 Å². The highest BCUT2D eigenvalue weighted by Gasteiger charge is 2.30. The molecule has 0 saturated carbocycles. The summed E-state index contributed by atoms with van der Waals surface area (Å²) in [7, 11) is 0. The van der Waals surface area contributed by atoms with Crippen molar-refractivity contribution in [3.05, 3.63) is 119 Å².